The van der Waals surface area contributed by atoms with Gasteiger partial charge in [-0.3, -0.25) is 9.59 Å². The summed E-state index contributed by atoms with van der Waals surface area (Å²) in [4.78, 5) is 25.0. The van der Waals surface area contributed by atoms with E-state index < -0.39 is 23.5 Å². The molecule has 4 nitrogen and oxygen atoms in total. The third kappa shape index (κ3) is 5.00. The van der Waals surface area contributed by atoms with Crippen LogP contribution in [0.4, 0.5) is 20.2 Å². The molecule has 0 aromatic heterocycles. The van der Waals surface area contributed by atoms with Crippen molar-refractivity contribution in [3.63, 3.8) is 0 Å². The van der Waals surface area contributed by atoms with E-state index in [9.17, 15) is 18.4 Å². The summed E-state index contributed by atoms with van der Waals surface area (Å²) in [5, 5.41) is 5.58. The summed E-state index contributed by atoms with van der Waals surface area (Å²) < 4.78 is 27.8. The van der Waals surface area contributed by atoms with Crippen molar-refractivity contribution < 1.29 is 18.4 Å². The average molecular weight is 427 g/mol. The van der Waals surface area contributed by atoms with Gasteiger partial charge in [0.05, 0.1) is 11.4 Å². The van der Waals surface area contributed by atoms with Crippen LogP contribution in [0.5, 0.6) is 0 Å². The van der Waals surface area contributed by atoms with Crippen LogP contribution in [-0.2, 0) is 9.59 Å². The van der Waals surface area contributed by atoms with Gasteiger partial charge in [0.1, 0.15) is 11.6 Å². The monoisotopic (exact) mass is 426 g/mol. The number of amides is 2. The number of halogens is 4. The Balaban J connectivity index is 1.62. The fourth-order valence-electron chi connectivity index (χ4n) is 3.32. The highest BCUT2D eigenvalue weighted by molar-refractivity contribution is 6.31. The highest BCUT2D eigenvalue weighted by atomic mass is 35.5. The van der Waals surface area contributed by atoms with Crippen molar-refractivity contribution in [3.05, 3.63) is 58.1 Å². The molecular weight excluding hydrogens is 409 g/mol. The summed E-state index contributed by atoms with van der Waals surface area (Å²) in [5.41, 5.74) is 0.0911. The van der Waals surface area contributed by atoms with E-state index in [1.54, 1.807) is 0 Å². The zero-order chi connectivity index (χ0) is 20.3. The quantitative estimate of drug-likeness (QED) is 0.662. The van der Waals surface area contributed by atoms with Crippen molar-refractivity contribution in [3.8, 4) is 0 Å². The Morgan fingerprint density at radius 3 is 1.64 bits per heavy atom. The summed E-state index contributed by atoms with van der Waals surface area (Å²) in [6, 6.07) is 8.00. The van der Waals surface area contributed by atoms with E-state index in [1.165, 1.54) is 24.3 Å². The largest absolute Gasteiger partial charge is 0.323 e. The van der Waals surface area contributed by atoms with E-state index in [2.05, 4.69) is 10.6 Å². The third-order valence-electron chi connectivity index (χ3n) is 4.79. The molecule has 2 N–H and O–H groups in total. The van der Waals surface area contributed by atoms with E-state index in [4.69, 9.17) is 23.2 Å². The Labute approximate surface area is 171 Å². The molecule has 28 heavy (non-hydrogen) atoms. The number of hydrogen-bond acceptors (Lipinski definition) is 2. The second-order valence-electron chi connectivity index (χ2n) is 6.79. The number of nitrogens with one attached hydrogen (secondary N) is 2. The van der Waals surface area contributed by atoms with Gasteiger partial charge in [0.25, 0.3) is 0 Å². The van der Waals surface area contributed by atoms with Gasteiger partial charge in [-0.1, -0.05) is 29.6 Å². The van der Waals surface area contributed by atoms with Crippen LogP contribution in [0.15, 0.2) is 36.4 Å². The van der Waals surface area contributed by atoms with Crippen molar-refractivity contribution in [1.82, 2.24) is 0 Å². The van der Waals surface area contributed by atoms with Crippen LogP contribution < -0.4 is 10.6 Å². The van der Waals surface area contributed by atoms with Gasteiger partial charge in [-0.15, -0.1) is 0 Å². The normalized spacial score (nSPS) is 19.1. The smallest absolute Gasteiger partial charge is 0.227 e. The maximum Gasteiger partial charge on any atom is 0.227 e. The maximum atomic E-state index is 13.9. The molecule has 0 saturated heterocycles. The highest BCUT2D eigenvalue weighted by Gasteiger charge is 2.31. The van der Waals surface area contributed by atoms with Crippen LogP contribution >= 0.6 is 23.2 Å². The molecule has 3 rings (SSSR count). The number of carbonyl (C=O) groups excluding carboxylic acids is 2. The second-order valence-corrected chi connectivity index (χ2v) is 7.66. The minimum atomic E-state index is -0.621. The lowest BCUT2D eigenvalue weighted by molar-refractivity contribution is -0.124. The molecule has 2 amide bonds. The van der Waals surface area contributed by atoms with Crippen molar-refractivity contribution >= 4 is 46.4 Å². The molecule has 2 atom stereocenters. The lowest BCUT2D eigenvalue weighted by Gasteiger charge is -2.27. The minimum absolute atomic E-state index is 0.0456. The molecule has 1 fully saturated rings. The molecule has 0 radical (unpaired) electrons. The molecule has 2 aromatic rings. The van der Waals surface area contributed by atoms with Crippen molar-refractivity contribution in [2.45, 2.75) is 25.7 Å². The first-order valence-corrected chi connectivity index (χ1v) is 9.61. The summed E-state index contributed by atoms with van der Waals surface area (Å²) in [6.45, 7) is 0. The van der Waals surface area contributed by atoms with Crippen LogP contribution in [0, 0.1) is 23.5 Å². The predicted octanol–water partition coefficient (Wildman–Crippen LogP) is 5.66. The van der Waals surface area contributed by atoms with Crippen LogP contribution in [-0.4, -0.2) is 11.8 Å². The number of anilines is 2. The minimum Gasteiger partial charge on any atom is -0.323 e. The summed E-state index contributed by atoms with van der Waals surface area (Å²) in [7, 11) is 0. The maximum absolute atomic E-state index is 13.9. The number of benzene rings is 2. The Morgan fingerprint density at radius 2 is 1.25 bits per heavy atom. The third-order valence-corrected chi connectivity index (χ3v) is 5.26. The van der Waals surface area contributed by atoms with Gasteiger partial charge in [-0.25, -0.2) is 8.78 Å². The zero-order valence-corrected chi connectivity index (χ0v) is 16.3. The predicted molar refractivity (Wildman–Crippen MR) is 106 cm³/mol. The molecule has 1 saturated carbocycles. The van der Waals surface area contributed by atoms with E-state index in [0.717, 1.165) is 12.1 Å². The van der Waals surface area contributed by atoms with Gasteiger partial charge in [-0.05, 0) is 55.7 Å². The second kappa shape index (κ2) is 8.88. The van der Waals surface area contributed by atoms with Gasteiger partial charge < -0.3 is 10.6 Å². The molecule has 1 aliphatic carbocycles. The van der Waals surface area contributed by atoms with Crippen molar-refractivity contribution in [2.24, 2.45) is 11.8 Å². The molecule has 0 aliphatic heterocycles. The molecule has 1 aliphatic rings. The fourth-order valence-corrected chi connectivity index (χ4v) is 3.63. The van der Waals surface area contributed by atoms with Gasteiger partial charge >= 0.3 is 0 Å². The Bertz CT molecular complexity index is 836. The summed E-state index contributed by atoms with van der Waals surface area (Å²) in [5.74, 6) is -2.81. The Hall–Kier alpha value is -2.18. The van der Waals surface area contributed by atoms with Gasteiger partial charge in [0.15, 0.2) is 0 Å². The Morgan fingerprint density at radius 1 is 0.821 bits per heavy atom. The van der Waals surface area contributed by atoms with Crippen LogP contribution in [0.1, 0.15) is 25.7 Å². The first-order valence-electron chi connectivity index (χ1n) is 8.85. The highest BCUT2D eigenvalue weighted by Crippen LogP contribution is 2.32. The fraction of sp³-hybridized carbons (Fsp3) is 0.300. The average Bonchev–Trinajstić information content (AvgIpc) is 2.66. The zero-order valence-electron chi connectivity index (χ0n) is 14.8. The van der Waals surface area contributed by atoms with Crippen molar-refractivity contribution in [2.75, 3.05) is 10.6 Å². The molecule has 8 heteroatoms. The lowest BCUT2D eigenvalue weighted by atomic mass is 9.80. The number of rotatable bonds is 4. The SMILES string of the molecule is O=C(Nc1ccc(Cl)cc1F)C1CCCC(C(=O)Nc2ccc(Cl)cc2F)C1. The molecule has 148 valence electrons. The topological polar surface area (TPSA) is 58.2 Å². The van der Waals surface area contributed by atoms with Gasteiger partial charge in [0, 0.05) is 21.9 Å². The van der Waals surface area contributed by atoms with E-state index in [0.29, 0.717) is 25.7 Å². The van der Waals surface area contributed by atoms with E-state index >= 15 is 0 Å². The molecule has 0 spiro atoms. The number of hydrogen-bond donors (Lipinski definition) is 2. The van der Waals surface area contributed by atoms with Gasteiger partial charge in [-0.2, -0.15) is 0 Å². The molecular formula is C20H18Cl2F2N2O2. The summed E-state index contributed by atoms with van der Waals surface area (Å²) in [6.07, 6.45) is 2.17. The molecule has 0 heterocycles. The van der Waals surface area contributed by atoms with Crippen molar-refractivity contribution in [1.29, 1.82) is 0 Å². The van der Waals surface area contributed by atoms with E-state index in [1.807, 2.05) is 0 Å². The molecule has 2 unspecified atom stereocenters. The van der Waals surface area contributed by atoms with Crippen LogP contribution in [0.3, 0.4) is 0 Å². The van der Waals surface area contributed by atoms with Gasteiger partial charge in [0.2, 0.25) is 11.8 Å². The lowest BCUT2D eigenvalue weighted by Crippen LogP contribution is -2.33. The number of carbonyl (C=O) groups is 2. The first kappa shape index (κ1) is 20.6. The molecule has 0 bridgehead atoms. The molecule has 2 aromatic carbocycles. The van der Waals surface area contributed by atoms with E-state index in [-0.39, 0.29) is 33.2 Å². The van der Waals surface area contributed by atoms with Crippen LogP contribution in [0.2, 0.25) is 10.0 Å². The Kier molecular flexibility index (Phi) is 6.52. The van der Waals surface area contributed by atoms with Crippen LogP contribution in [0.25, 0.3) is 0 Å². The first-order chi connectivity index (χ1) is 13.3. The summed E-state index contributed by atoms with van der Waals surface area (Å²) >= 11 is 11.4. The standard InChI is InChI=1S/C20H18Cl2F2N2O2/c21-13-4-6-17(15(23)9-13)25-19(27)11-2-1-3-12(8-11)20(28)26-18-7-5-14(22)10-16(18)24/h4-7,9-12H,1-3,8H2,(H,25,27)(H,26,28).